The van der Waals surface area contributed by atoms with Crippen LogP contribution in [0.2, 0.25) is 0 Å². The highest BCUT2D eigenvalue weighted by molar-refractivity contribution is 6.16. The first kappa shape index (κ1) is 31.3. The van der Waals surface area contributed by atoms with Crippen molar-refractivity contribution in [1.29, 1.82) is 0 Å². The van der Waals surface area contributed by atoms with Gasteiger partial charge >= 0.3 is 0 Å². The van der Waals surface area contributed by atoms with Gasteiger partial charge in [-0.05, 0) is 122 Å². The van der Waals surface area contributed by atoms with E-state index in [0.717, 1.165) is 67.3 Å². The quantitative estimate of drug-likeness (QED) is 0.151. The van der Waals surface area contributed by atoms with Crippen LogP contribution in [-0.2, 0) is 6.42 Å². The van der Waals surface area contributed by atoms with E-state index in [0.29, 0.717) is 0 Å². The van der Waals surface area contributed by atoms with E-state index in [9.17, 15) is 0 Å². The second-order valence-electron chi connectivity index (χ2n) is 13.3. The molecule has 2 nitrogen and oxygen atoms in total. The highest BCUT2D eigenvalue weighted by Gasteiger charge is 2.16. The first-order valence-corrected chi connectivity index (χ1v) is 17.7. The summed E-state index contributed by atoms with van der Waals surface area (Å²) in [5.74, 6) is 0.752. The molecule has 0 N–H and O–H groups in total. The Balaban J connectivity index is 1.14. The van der Waals surface area contributed by atoms with Gasteiger partial charge in [-0.3, -0.25) is 0 Å². The van der Waals surface area contributed by atoms with Gasteiger partial charge < -0.3 is 8.83 Å². The first-order chi connectivity index (χ1) is 25.6. The molecule has 9 rings (SSSR count). The summed E-state index contributed by atoms with van der Waals surface area (Å²) in [7, 11) is 0. The lowest BCUT2D eigenvalue weighted by atomic mass is 9.89. The summed E-state index contributed by atoms with van der Waals surface area (Å²) in [6.45, 7) is 14.1. The maximum atomic E-state index is 6.46. The van der Waals surface area contributed by atoms with Gasteiger partial charge in [0.25, 0.3) is 0 Å². The van der Waals surface area contributed by atoms with Crippen LogP contribution >= 0.6 is 0 Å². The van der Waals surface area contributed by atoms with Gasteiger partial charge in [0.2, 0.25) is 0 Å². The lowest BCUT2D eigenvalue weighted by Gasteiger charge is -2.14. The zero-order chi connectivity index (χ0) is 35.3. The maximum Gasteiger partial charge on any atom is 0.136 e. The molecule has 2 heteroatoms. The molecule has 0 fully saturated rings. The zero-order valence-corrected chi connectivity index (χ0v) is 29.1. The van der Waals surface area contributed by atoms with E-state index in [1.54, 1.807) is 6.08 Å². The molecule has 7 aromatic carbocycles. The Morgan fingerprint density at radius 2 is 1.19 bits per heavy atom. The van der Waals surface area contributed by atoms with Crippen molar-refractivity contribution >= 4 is 78.8 Å². The molecule has 0 radical (unpaired) electrons. The minimum atomic E-state index is 0.752. The second kappa shape index (κ2) is 12.6. The van der Waals surface area contributed by atoms with Crippen molar-refractivity contribution in [2.45, 2.75) is 13.3 Å². The third-order valence-electron chi connectivity index (χ3n) is 10.3. The second-order valence-corrected chi connectivity index (χ2v) is 13.3. The number of hydrogen-bond acceptors (Lipinski definition) is 2. The van der Waals surface area contributed by atoms with Crippen LogP contribution in [-0.4, -0.2) is 0 Å². The fraction of sp³-hybridized carbons (Fsp3) is 0.0400. The van der Waals surface area contributed by atoms with Gasteiger partial charge in [-0.2, -0.15) is 0 Å². The lowest BCUT2D eigenvalue weighted by molar-refractivity contribution is 0.603. The number of allylic oxidation sites excluding steroid dienone is 1. The van der Waals surface area contributed by atoms with Crippen molar-refractivity contribution < 1.29 is 8.83 Å². The Morgan fingerprint density at radius 1 is 0.481 bits per heavy atom. The predicted octanol–water partition coefficient (Wildman–Crippen LogP) is 14.5. The van der Waals surface area contributed by atoms with Crippen molar-refractivity contribution in [3.8, 4) is 22.3 Å². The molecule has 0 atom stereocenters. The molecule has 2 heterocycles. The number of furan rings is 2. The molecular weight excluding hydrogens is 633 g/mol. The molecule has 2 aromatic heterocycles. The zero-order valence-electron chi connectivity index (χ0n) is 29.1. The van der Waals surface area contributed by atoms with Crippen LogP contribution in [0.5, 0.6) is 0 Å². The van der Waals surface area contributed by atoms with Crippen molar-refractivity contribution in [2.24, 2.45) is 0 Å². The van der Waals surface area contributed by atoms with E-state index in [1.165, 1.54) is 49.4 Å². The van der Waals surface area contributed by atoms with Gasteiger partial charge in [-0.1, -0.05) is 129 Å². The summed E-state index contributed by atoms with van der Waals surface area (Å²) in [6, 6.07) is 43.6. The van der Waals surface area contributed by atoms with Crippen LogP contribution < -0.4 is 0 Å². The molecule has 0 aliphatic heterocycles. The molecule has 248 valence electrons. The summed E-state index contributed by atoms with van der Waals surface area (Å²) in [5, 5.41) is 8.19. The Morgan fingerprint density at radius 3 is 2.00 bits per heavy atom. The molecule has 0 aliphatic rings. The maximum absolute atomic E-state index is 6.46. The van der Waals surface area contributed by atoms with Crippen LogP contribution in [0.3, 0.4) is 0 Å². The highest BCUT2D eigenvalue weighted by atomic mass is 16.3. The summed E-state index contributed by atoms with van der Waals surface area (Å²) in [6.07, 6.45) is 10.7. The Labute approximate surface area is 302 Å². The third-order valence-corrected chi connectivity index (χ3v) is 10.3. The normalized spacial score (nSPS) is 11.8. The van der Waals surface area contributed by atoms with Gasteiger partial charge in [-0.25, -0.2) is 0 Å². The summed E-state index contributed by atoms with van der Waals surface area (Å²) in [5.41, 5.74) is 13.0. The summed E-state index contributed by atoms with van der Waals surface area (Å²) >= 11 is 0. The molecule has 0 bridgehead atoms. The Hall–Kier alpha value is -6.64. The fourth-order valence-electron chi connectivity index (χ4n) is 7.98. The van der Waals surface area contributed by atoms with Gasteiger partial charge in [0.1, 0.15) is 22.5 Å². The molecule has 0 aliphatic carbocycles. The molecule has 0 saturated carbocycles. The standard InChI is InChI=1S/C50H36O2/c1-5-13-39-36(6-2)40-16-9-10-17-41(40)43-29-33(21-23-42(39)43)34-22-25-48-45(30-34)50-38(18-12-19-49(50)52-48)35-15-11-14-31(27-35)26-32-20-24-47-44(28-32)37(7-3)46(8-4)51-47/h5-25,27-30H,2-4,26H2,1H3/b13-5-. The minimum absolute atomic E-state index is 0.752. The van der Waals surface area contributed by atoms with E-state index in [2.05, 4.69) is 154 Å². The molecule has 0 saturated heterocycles. The Bertz CT molecular complexity index is 2940. The van der Waals surface area contributed by atoms with Gasteiger partial charge in [0, 0.05) is 21.7 Å². The van der Waals surface area contributed by atoms with E-state index < -0.39 is 0 Å². The summed E-state index contributed by atoms with van der Waals surface area (Å²) < 4.78 is 12.4. The van der Waals surface area contributed by atoms with E-state index >= 15 is 0 Å². The van der Waals surface area contributed by atoms with Crippen molar-refractivity contribution in [3.05, 3.63) is 181 Å². The molecular formula is C50H36O2. The van der Waals surface area contributed by atoms with E-state index in [4.69, 9.17) is 8.83 Å². The van der Waals surface area contributed by atoms with Crippen LogP contribution in [0.1, 0.15) is 40.5 Å². The van der Waals surface area contributed by atoms with E-state index in [1.807, 2.05) is 18.2 Å². The molecule has 0 amide bonds. The van der Waals surface area contributed by atoms with Crippen LogP contribution in [0.4, 0.5) is 0 Å². The Kier molecular flexibility index (Phi) is 7.60. The molecule has 9 aromatic rings. The van der Waals surface area contributed by atoms with Crippen molar-refractivity contribution in [2.75, 3.05) is 0 Å². The lowest BCUT2D eigenvalue weighted by Crippen LogP contribution is -1.90. The predicted molar refractivity (Wildman–Crippen MR) is 224 cm³/mol. The van der Waals surface area contributed by atoms with Crippen molar-refractivity contribution in [3.63, 3.8) is 0 Å². The largest absolute Gasteiger partial charge is 0.456 e. The number of benzene rings is 7. The van der Waals surface area contributed by atoms with Gasteiger partial charge in [0.15, 0.2) is 0 Å². The third kappa shape index (κ3) is 5.03. The van der Waals surface area contributed by atoms with Crippen LogP contribution in [0, 0.1) is 0 Å². The van der Waals surface area contributed by atoms with Crippen molar-refractivity contribution in [1.82, 2.24) is 0 Å². The average molecular weight is 669 g/mol. The fourth-order valence-corrected chi connectivity index (χ4v) is 7.98. The topological polar surface area (TPSA) is 26.3 Å². The van der Waals surface area contributed by atoms with Crippen LogP contribution in [0.15, 0.2) is 156 Å². The monoisotopic (exact) mass is 668 g/mol. The average Bonchev–Trinajstić information content (AvgIpc) is 3.75. The number of hydrogen-bond donors (Lipinski definition) is 0. The SMILES string of the molecule is C=Cc1oc2ccc(Cc3cccc(-c4cccc5oc6ccc(-c7ccc8c(/C=C\C)c(C=C)c9ccccc9c8c7)cc6c45)c3)cc2c1C=C. The highest BCUT2D eigenvalue weighted by Crippen LogP contribution is 2.41. The number of rotatable bonds is 8. The van der Waals surface area contributed by atoms with Crippen LogP contribution in [0.25, 0.3) is 101 Å². The number of fused-ring (bicyclic) bond motifs is 7. The van der Waals surface area contributed by atoms with Gasteiger partial charge in [0.05, 0.1) is 0 Å². The first-order valence-electron chi connectivity index (χ1n) is 17.7. The van der Waals surface area contributed by atoms with Gasteiger partial charge in [-0.15, -0.1) is 0 Å². The molecule has 0 spiro atoms. The van der Waals surface area contributed by atoms with E-state index in [-0.39, 0.29) is 0 Å². The minimum Gasteiger partial charge on any atom is -0.456 e. The molecule has 0 unspecified atom stereocenters. The summed E-state index contributed by atoms with van der Waals surface area (Å²) in [4.78, 5) is 0. The molecule has 52 heavy (non-hydrogen) atoms. The smallest absolute Gasteiger partial charge is 0.136 e.